The fraction of sp³-hybridized carbons (Fsp3) is 0.109. The molecule has 8 aromatic carbocycles. The van der Waals surface area contributed by atoms with Gasteiger partial charge in [-0.15, -0.1) is 0 Å². The van der Waals surface area contributed by atoms with Crippen molar-refractivity contribution in [2.75, 3.05) is 0 Å². The Kier molecular flexibility index (Phi) is 11.6. The van der Waals surface area contributed by atoms with Crippen LogP contribution in [0, 0.1) is 11.3 Å². The highest BCUT2D eigenvalue weighted by molar-refractivity contribution is 6.13. The highest BCUT2D eigenvalue weighted by Gasteiger charge is 2.41. The Morgan fingerprint density at radius 2 is 0.684 bits per heavy atom. The molecule has 0 aliphatic heterocycles. The van der Waals surface area contributed by atoms with E-state index in [1.165, 1.54) is 81.9 Å². The van der Waals surface area contributed by atoms with Gasteiger partial charge < -0.3 is 9.13 Å². The van der Waals surface area contributed by atoms with Crippen molar-refractivity contribution in [2.45, 2.75) is 37.1 Å². The molecule has 10 aromatic rings. The van der Waals surface area contributed by atoms with Crippen molar-refractivity contribution in [1.82, 2.24) is 9.13 Å². The summed E-state index contributed by atoms with van der Waals surface area (Å²) >= 11 is 0. The summed E-state index contributed by atoms with van der Waals surface area (Å²) in [7, 11) is 0. The van der Waals surface area contributed by atoms with Gasteiger partial charge in [-0.3, -0.25) is 0 Å². The molecule has 0 bridgehead atoms. The predicted molar refractivity (Wildman–Crippen MR) is 246 cm³/mol. The largest absolute Gasteiger partial charge is 0.417 e. The Morgan fingerprint density at radius 1 is 0.316 bits per heavy atom. The first-order valence-electron chi connectivity index (χ1n) is 22.0. The van der Waals surface area contributed by atoms with Crippen LogP contribution in [0.5, 0.6) is 0 Å². The molecule has 0 amide bonds. The first kappa shape index (κ1) is 51.1. The molecule has 3 nitrogen and oxygen atoms in total. The van der Waals surface area contributed by atoms with Crippen molar-refractivity contribution in [3.8, 4) is 50.8 Å². The molecule has 10 rings (SSSR count). The van der Waals surface area contributed by atoms with Gasteiger partial charge in [-0.2, -0.15) is 84.3 Å². The van der Waals surface area contributed by atoms with Crippen molar-refractivity contribution in [2.24, 2.45) is 0 Å². The molecule has 0 N–H and O–H groups in total. The molecule has 0 atom stereocenters. The fourth-order valence-corrected chi connectivity index (χ4v) is 9.64. The molecule has 2 aromatic heterocycles. The quantitative estimate of drug-likeness (QED) is 0.158. The number of nitrogens with zero attached hydrogens (tertiary/aromatic N) is 3. The van der Waals surface area contributed by atoms with Crippen molar-refractivity contribution < 1.29 is 79.0 Å². The number of halogens is 18. The lowest BCUT2D eigenvalue weighted by molar-refractivity contribution is -0.144. The number of hydrogen-bond acceptors (Lipinski definition) is 1. The maximum atomic E-state index is 14.8. The van der Waals surface area contributed by atoms with Gasteiger partial charge in [0.15, 0.2) is 0 Å². The van der Waals surface area contributed by atoms with E-state index in [1.54, 1.807) is 0 Å². The van der Waals surface area contributed by atoms with Crippen molar-refractivity contribution >= 4 is 43.6 Å². The van der Waals surface area contributed by atoms with E-state index < -0.39 is 92.7 Å². The second kappa shape index (κ2) is 17.3. The molecule has 0 saturated carbocycles. The van der Waals surface area contributed by atoms with E-state index in [0.717, 1.165) is 24.3 Å². The number of benzene rings is 8. The Bertz CT molecular complexity index is 3790. The molecule has 21 heteroatoms. The molecule has 0 radical (unpaired) electrons. The van der Waals surface area contributed by atoms with Gasteiger partial charge in [0.05, 0.1) is 78.5 Å². The topological polar surface area (TPSA) is 33.6 Å². The van der Waals surface area contributed by atoms with Crippen molar-refractivity contribution in [3.05, 3.63) is 191 Å². The second-order valence-corrected chi connectivity index (χ2v) is 17.5. The van der Waals surface area contributed by atoms with Gasteiger partial charge in [0.2, 0.25) is 0 Å². The lowest BCUT2D eigenvalue weighted by atomic mass is 9.94. The van der Waals surface area contributed by atoms with Crippen LogP contribution in [0.1, 0.15) is 38.9 Å². The summed E-state index contributed by atoms with van der Waals surface area (Å²) in [5.74, 6) is 0. The van der Waals surface area contributed by atoms with Gasteiger partial charge >= 0.3 is 37.1 Å². The molecule has 0 aliphatic rings. The molecule has 76 heavy (non-hydrogen) atoms. The minimum atomic E-state index is -5.42. The molecule has 0 spiro atoms. The van der Waals surface area contributed by atoms with Crippen molar-refractivity contribution in [1.29, 1.82) is 5.26 Å². The number of aromatic nitrogens is 2. The van der Waals surface area contributed by atoms with Gasteiger partial charge in [-0.1, -0.05) is 60.7 Å². The monoisotopic (exact) mass is 1070 g/mol. The van der Waals surface area contributed by atoms with Gasteiger partial charge in [0.25, 0.3) is 0 Å². The maximum Gasteiger partial charge on any atom is 0.417 e. The smallest absolute Gasteiger partial charge is 0.308 e. The summed E-state index contributed by atoms with van der Waals surface area (Å²) in [6.07, 6.45) is -31.8. The van der Waals surface area contributed by atoms with Gasteiger partial charge in [-0.25, -0.2) is 0 Å². The zero-order valence-corrected chi connectivity index (χ0v) is 37.6. The molecule has 0 fully saturated rings. The molecule has 386 valence electrons. The zero-order valence-electron chi connectivity index (χ0n) is 37.6. The van der Waals surface area contributed by atoms with Crippen LogP contribution in [-0.4, -0.2) is 9.13 Å². The number of nitriles is 1. The lowest BCUT2D eigenvalue weighted by Crippen LogP contribution is -2.12. The normalized spacial score (nSPS) is 13.1. The Hall–Kier alpha value is -8.41. The van der Waals surface area contributed by atoms with Gasteiger partial charge in [-0.05, 0) is 119 Å². The number of alkyl halides is 18. The predicted octanol–water partition coefficient (Wildman–Crippen LogP) is 18.9. The van der Waals surface area contributed by atoms with Crippen LogP contribution in [0.3, 0.4) is 0 Å². The Labute approximate surface area is 414 Å². The molecule has 0 saturated heterocycles. The fourth-order valence-electron chi connectivity index (χ4n) is 9.64. The summed E-state index contributed by atoms with van der Waals surface area (Å²) in [5, 5.41) is 11.2. The number of rotatable bonds is 5. The summed E-state index contributed by atoms with van der Waals surface area (Å²) < 4.78 is 261. The first-order valence-corrected chi connectivity index (χ1v) is 22.0. The maximum absolute atomic E-state index is 14.8. The number of hydrogen-bond donors (Lipinski definition) is 0. The SMILES string of the molecule is N#Cc1cc(-n2c3ccccc3c3cc(-c4ccc(C(F)(F)F)cc4C(F)(F)F)ccc32)c(-c2cc(C(F)(F)F)cc(C(F)(F)F)c2)c(-n2c3ccccc3c3cc(-c4ccc(C(F)(F)F)cc4C(F)(F)F)ccc32)c1. The van der Waals surface area contributed by atoms with E-state index in [4.69, 9.17) is 0 Å². The van der Waals surface area contributed by atoms with Crippen LogP contribution in [0.25, 0.3) is 88.4 Å². The minimum absolute atomic E-state index is 0.0274. The average molecular weight is 1070 g/mol. The van der Waals surface area contributed by atoms with Crippen LogP contribution < -0.4 is 0 Å². The van der Waals surface area contributed by atoms with Gasteiger partial charge in [0.1, 0.15) is 0 Å². The molecular formula is C55H25F18N3. The van der Waals surface area contributed by atoms with Crippen LogP contribution >= 0.6 is 0 Å². The third-order valence-corrected chi connectivity index (χ3v) is 12.9. The highest BCUT2D eigenvalue weighted by Crippen LogP contribution is 2.49. The van der Waals surface area contributed by atoms with Crippen molar-refractivity contribution in [3.63, 3.8) is 0 Å². The lowest BCUT2D eigenvalue weighted by Gasteiger charge is -2.22. The third-order valence-electron chi connectivity index (χ3n) is 12.9. The standard InChI is InChI=1S/C55H25F18N3/c56-50(57,58)31-11-13-35(41(24-31)54(68,69)70)28-9-15-45-39(21-28)37-5-1-3-7-43(37)75(45)47-17-27(26-74)18-48(49(47)30-19-33(52(62,63)64)23-34(20-30)53(65,66)67)76-44-8-4-2-6-38(44)40-22-29(10-16-46(40)76)36-14-12-32(51(59,60)61)25-42(36)55(71,72)73/h1-25H. The van der Waals surface area contributed by atoms with E-state index in [0.29, 0.717) is 36.4 Å². The summed E-state index contributed by atoms with van der Waals surface area (Å²) in [4.78, 5) is 0. The minimum Gasteiger partial charge on any atom is -0.308 e. The first-order chi connectivity index (χ1) is 35.4. The molecule has 0 unspecified atom stereocenters. The van der Waals surface area contributed by atoms with Crippen LogP contribution in [0.15, 0.2) is 152 Å². The Balaban J connectivity index is 1.32. The average Bonchev–Trinajstić information content (AvgIpc) is 3.86. The number of fused-ring (bicyclic) bond motifs is 6. The molecule has 2 heterocycles. The van der Waals surface area contributed by atoms with E-state index >= 15 is 0 Å². The summed E-state index contributed by atoms with van der Waals surface area (Å²) in [6, 6.07) is 25.9. The van der Waals surface area contributed by atoms with E-state index in [9.17, 15) is 84.3 Å². The number of para-hydroxylation sites is 2. The van der Waals surface area contributed by atoms with Gasteiger partial charge in [0, 0.05) is 27.1 Å². The van der Waals surface area contributed by atoms with E-state index in [1.807, 2.05) is 6.07 Å². The van der Waals surface area contributed by atoms with E-state index in [2.05, 4.69) is 0 Å². The molecular weight excluding hydrogens is 1040 g/mol. The third kappa shape index (κ3) is 8.88. The van der Waals surface area contributed by atoms with Crippen LogP contribution in [0.4, 0.5) is 79.0 Å². The zero-order chi connectivity index (χ0) is 54.8. The second-order valence-electron chi connectivity index (χ2n) is 17.5. The molecule has 0 aliphatic carbocycles. The Morgan fingerprint density at radius 3 is 1.04 bits per heavy atom. The van der Waals surface area contributed by atoms with Crippen LogP contribution in [-0.2, 0) is 37.1 Å². The highest BCUT2D eigenvalue weighted by atomic mass is 19.4. The van der Waals surface area contributed by atoms with Crippen LogP contribution in [0.2, 0.25) is 0 Å². The summed E-state index contributed by atoms with van der Waals surface area (Å²) in [5.41, 5.74) is -13.6. The summed E-state index contributed by atoms with van der Waals surface area (Å²) in [6.45, 7) is 0. The van der Waals surface area contributed by atoms with E-state index in [-0.39, 0.29) is 89.9 Å².